The molecule has 0 spiro atoms. The molecule has 1 aliphatic rings. The zero-order valence-electron chi connectivity index (χ0n) is 16.0. The van der Waals surface area contributed by atoms with Crippen molar-refractivity contribution in [3.05, 3.63) is 59.2 Å². The van der Waals surface area contributed by atoms with Crippen molar-refractivity contribution in [2.24, 2.45) is 5.92 Å². The van der Waals surface area contributed by atoms with Crippen molar-refractivity contribution in [3.63, 3.8) is 0 Å². The number of aryl methyl sites for hydroxylation is 1. The molecular weight excluding hydrogens is 402 g/mol. The highest BCUT2D eigenvalue weighted by Gasteiger charge is 2.27. The van der Waals surface area contributed by atoms with Gasteiger partial charge in [0.25, 0.3) is 5.91 Å². The van der Waals surface area contributed by atoms with Crippen LogP contribution in [0.1, 0.15) is 29.3 Å². The Morgan fingerprint density at radius 3 is 2.55 bits per heavy atom. The zero-order valence-corrected chi connectivity index (χ0v) is 16.9. The van der Waals surface area contributed by atoms with Gasteiger partial charge in [0.1, 0.15) is 11.6 Å². The smallest absolute Gasteiger partial charge is 0.258 e. The predicted molar refractivity (Wildman–Crippen MR) is 104 cm³/mol. The Morgan fingerprint density at radius 1 is 1.17 bits per heavy atom. The van der Waals surface area contributed by atoms with Crippen LogP contribution in [0.15, 0.2) is 41.3 Å². The van der Waals surface area contributed by atoms with Crippen molar-refractivity contribution >= 4 is 21.6 Å². The molecule has 2 N–H and O–H groups in total. The van der Waals surface area contributed by atoms with E-state index in [1.165, 1.54) is 25.1 Å². The summed E-state index contributed by atoms with van der Waals surface area (Å²) in [5, 5.41) is 2.45. The molecule has 2 aromatic rings. The van der Waals surface area contributed by atoms with Gasteiger partial charge in [-0.3, -0.25) is 4.79 Å². The van der Waals surface area contributed by atoms with Crippen molar-refractivity contribution in [2.75, 3.05) is 18.5 Å². The molecule has 2 aromatic carbocycles. The van der Waals surface area contributed by atoms with Gasteiger partial charge < -0.3 is 10.1 Å². The molecule has 1 amide bonds. The first-order valence-electron chi connectivity index (χ1n) is 9.14. The normalized spacial score (nSPS) is 17.9. The summed E-state index contributed by atoms with van der Waals surface area (Å²) in [7, 11) is -3.96. The maximum atomic E-state index is 14.2. The van der Waals surface area contributed by atoms with Crippen LogP contribution in [0.5, 0.6) is 0 Å². The summed E-state index contributed by atoms with van der Waals surface area (Å²) in [6.45, 7) is 4.32. The van der Waals surface area contributed by atoms with E-state index < -0.39 is 33.1 Å². The largest absolute Gasteiger partial charge is 0.381 e. The van der Waals surface area contributed by atoms with E-state index in [0.29, 0.717) is 18.8 Å². The fourth-order valence-corrected chi connectivity index (χ4v) is 4.46. The highest BCUT2D eigenvalue weighted by Crippen LogP contribution is 2.21. The number of carbonyl (C=O) groups excluding carboxylic acids is 1. The van der Waals surface area contributed by atoms with E-state index in [1.807, 2.05) is 0 Å². The molecule has 0 saturated carbocycles. The van der Waals surface area contributed by atoms with Gasteiger partial charge in [0, 0.05) is 24.3 Å². The van der Waals surface area contributed by atoms with Crippen LogP contribution in [0.2, 0.25) is 0 Å². The first-order valence-corrected chi connectivity index (χ1v) is 10.6. The van der Waals surface area contributed by atoms with Gasteiger partial charge in [0.2, 0.25) is 10.0 Å². The summed E-state index contributed by atoms with van der Waals surface area (Å²) < 4.78 is 60.8. The number of hydrogen-bond donors (Lipinski definition) is 2. The molecule has 29 heavy (non-hydrogen) atoms. The lowest BCUT2D eigenvalue weighted by molar-refractivity contribution is 0.102. The number of ether oxygens (including phenoxy) is 1. The Kier molecular flexibility index (Phi) is 6.30. The molecule has 0 bridgehead atoms. The third-order valence-corrected chi connectivity index (χ3v) is 6.48. The van der Waals surface area contributed by atoms with E-state index >= 15 is 0 Å². The fraction of sp³-hybridized carbons (Fsp3) is 0.350. The minimum absolute atomic E-state index is 0.0507. The van der Waals surface area contributed by atoms with Gasteiger partial charge in [-0.25, -0.2) is 21.9 Å². The van der Waals surface area contributed by atoms with Crippen LogP contribution in [0, 0.1) is 24.5 Å². The first kappa shape index (κ1) is 21.4. The second-order valence-corrected chi connectivity index (χ2v) is 8.81. The molecule has 1 saturated heterocycles. The Labute approximate surface area is 168 Å². The van der Waals surface area contributed by atoms with Crippen molar-refractivity contribution in [1.29, 1.82) is 0 Å². The quantitative estimate of drug-likeness (QED) is 0.746. The number of sulfonamides is 1. The van der Waals surface area contributed by atoms with Crippen molar-refractivity contribution in [3.8, 4) is 0 Å². The topological polar surface area (TPSA) is 84.5 Å². The summed E-state index contributed by atoms with van der Waals surface area (Å²) in [5.41, 5.74) is 0.162. The highest BCUT2D eigenvalue weighted by molar-refractivity contribution is 7.89. The molecule has 1 heterocycles. The van der Waals surface area contributed by atoms with Gasteiger partial charge in [-0.2, -0.15) is 0 Å². The number of amides is 1. The Balaban J connectivity index is 1.81. The van der Waals surface area contributed by atoms with Crippen molar-refractivity contribution in [1.82, 2.24) is 4.72 Å². The van der Waals surface area contributed by atoms with Gasteiger partial charge in [0.15, 0.2) is 0 Å². The summed E-state index contributed by atoms with van der Waals surface area (Å²) in [5.74, 6) is -2.08. The van der Waals surface area contributed by atoms with Crippen molar-refractivity contribution in [2.45, 2.75) is 31.2 Å². The average Bonchev–Trinajstić information content (AvgIpc) is 3.19. The van der Waals surface area contributed by atoms with E-state index in [9.17, 15) is 22.0 Å². The average molecular weight is 424 g/mol. The van der Waals surface area contributed by atoms with Crippen LogP contribution in [0.4, 0.5) is 14.5 Å². The van der Waals surface area contributed by atoms with Crippen LogP contribution in [-0.2, 0) is 14.8 Å². The molecule has 0 aliphatic carbocycles. The van der Waals surface area contributed by atoms with Crippen LogP contribution < -0.4 is 10.0 Å². The number of nitrogens with one attached hydrogen (secondary N) is 2. The molecule has 3 rings (SSSR count). The molecule has 0 aromatic heterocycles. The molecule has 2 atom stereocenters. The molecule has 156 valence electrons. The van der Waals surface area contributed by atoms with Gasteiger partial charge in [-0.15, -0.1) is 0 Å². The van der Waals surface area contributed by atoms with Crippen LogP contribution in [0.3, 0.4) is 0 Å². The fourth-order valence-electron chi connectivity index (χ4n) is 3.12. The third-order valence-electron chi connectivity index (χ3n) is 4.92. The molecule has 0 radical (unpaired) electrons. The number of anilines is 1. The molecule has 6 nitrogen and oxygen atoms in total. The summed E-state index contributed by atoms with van der Waals surface area (Å²) in [6, 6.07) is 6.58. The molecule has 9 heteroatoms. The van der Waals surface area contributed by atoms with E-state index in [4.69, 9.17) is 4.74 Å². The molecule has 1 aliphatic heterocycles. The van der Waals surface area contributed by atoms with Gasteiger partial charge >= 0.3 is 0 Å². The first-order chi connectivity index (χ1) is 13.7. The summed E-state index contributed by atoms with van der Waals surface area (Å²) in [4.78, 5) is 12.2. The van der Waals surface area contributed by atoms with Crippen molar-refractivity contribution < 1.29 is 26.7 Å². The SMILES string of the molecule is Cc1cc(NC(=O)c2cc(S(=O)(=O)NC(C)C3CCOC3)ccc2F)ccc1F. The Bertz CT molecular complexity index is 1020. The third kappa shape index (κ3) is 4.98. The van der Waals surface area contributed by atoms with Crippen LogP contribution in [0.25, 0.3) is 0 Å². The monoisotopic (exact) mass is 424 g/mol. The summed E-state index contributed by atoms with van der Waals surface area (Å²) >= 11 is 0. The van der Waals surface area contributed by atoms with E-state index in [2.05, 4.69) is 10.0 Å². The molecular formula is C20H22F2N2O4S. The second-order valence-electron chi connectivity index (χ2n) is 7.09. The molecule has 1 fully saturated rings. The van der Waals surface area contributed by atoms with Crippen LogP contribution >= 0.6 is 0 Å². The van der Waals surface area contributed by atoms with E-state index in [1.54, 1.807) is 6.92 Å². The van der Waals surface area contributed by atoms with Gasteiger partial charge in [-0.05, 0) is 62.2 Å². The molecule has 2 unspecified atom stereocenters. The second kappa shape index (κ2) is 8.56. The Hall–Kier alpha value is -2.36. The number of carbonyl (C=O) groups is 1. The zero-order chi connectivity index (χ0) is 21.2. The summed E-state index contributed by atoms with van der Waals surface area (Å²) in [6.07, 6.45) is 0.748. The number of benzene rings is 2. The van der Waals surface area contributed by atoms with E-state index in [-0.39, 0.29) is 22.5 Å². The van der Waals surface area contributed by atoms with Crippen LogP contribution in [-0.4, -0.2) is 33.6 Å². The van der Waals surface area contributed by atoms with Gasteiger partial charge in [0.05, 0.1) is 17.1 Å². The predicted octanol–water partition coefficient (Wildman–Crippen LogP) is 3.23. The standard InChI is InChI=1S/C20H22F2N2O4S/c1-12-9-15(3-5-18(12)21)23-20(25)17-10-16(4-6-19(17)22)29(26,27)24-13(2)14-7-8-28-11-14/h3-6,9-10,13-14,24H,7-8,11H2,1-2H3,(H,23,25). The maximum absolute atomic E-state index is 14.2. The number of halogens is 2. The lowest BCUT2D eigenvalue weighted by Gasteiger charge is -2.19. The van der Waals surface area contributed by atoms with Gasteiger partial charge in [-0.1, -0.05) is 0 Å². The lowest BCUT2D eigenvalue weighted by atomic mass is 10.0. The van der Waals surface area contributed by atoms with E-state index in [0.717, 1.165) is 24.6 Å². The Morgan fingerprint density at radius 2 is 1.90 bits per heavy atom. The maximum Gasteiger partial charge on any atom is 0.258 e. The lowest BCUT2D eigenvalue weighted by Crippen LogP contribution is -2.38. The minimum Gasteiger partial charge on any atom is -0.381 e. The minimum atomic E-state index is -3.96. The highest BCUT2D eigenvalue weighted by atomic mass is 32.2. The number of hydrogen-bond acceptors (Lipinski definition) is 4. The number of rotatable bonds is 6.